The first-order chi connectivity index (χ1) is 16.6. The summed E-state index contributed by atoms with van der Waals surface area (Å²) >= 11 is 0. The lowest BCUT2D eigenvalue weighted by atomic mass is 10.1. The predicted octanol–water partition coefficient (Wildman–Crippen LogP) is 3.74. The van der Waals surface area contributed by atoms with Crippen molar-refractivity contribution in [3.05, 3.63) is 95.1 Å². The summed E-state index contributed by atoms with van der Waals surface area (Å²) in [6.07, 6.45) is 0. The summed E-state index contributed by atoms with van der Waals surface area (Å²) in [4.78, 5) is 28.6. The van der Waals surface area contributed by atoms with Crippen LogP contribution in [0.1, 0.15) is 27.0 Å². The maximum Gasteiger partial charge on any atom is 0.251 e. The van der Waals surface area contributed by atoms with Gasteiger partial charge >= 0.3 is 0 Å². The van der Waals surface area contributed by atoms with Crippen LogP contribution in [0.2, 0.25) is 0 Å². The summed E-state index contributed by atoms with van der Waals surface area (Å²) in [6, 6.07) is 22.5. The minimum absolute atomic E-state index is 0.167. The third-order valence-corrected chi connectivity index (χ3v) is 5.78. The smallest absolute Gasteiger partial charge is 0.251 e. The molecule has 0 atom stereocenters. The Hall–Kier alpha value is -4.46. The lowest BCUT2D eigenvalue weighted by molar-refractivity contribution is 0.0950. The number of benzene rings is 3. The second kappa shape index (κ2) is 9.19. The number of hydrogen-bond donors (Lipinski definition) is 3. The third kappa shape index (κ3) is 4.38. The van der Waals surface area contributed by atoms with Crippen molar-refractivity contribution in [1.29, 1.82) is 0 Å². The Morgan fingerprint density at radius 2 is 1.71 bits per heavy atom. The van der Waals surface area contributed by atoms with Crippen LogP contribution in [0.4, 0.5) is 11.9 Å². The molecule has 3 aromatic carbocycles. The molecule has 0 aliphatic carbocycles. The Kier molecular flexibility index (Phi) is 5.78. The van der Waals surface area contributed by atoms with E-state index in [2.05, 4.69) is 25.5 Å². The van der Waals surface area contributed by atoms with E-state index in [1.54, 1.807) is 25.2 Å². The van der Waals surface area contributed by atoms with Gasteiger partial charge in [-0.1, -0.05) is 54.6 Å². The number of carbonyl (C=O) groups is 1. The maximum absolute atomic E-state index is 12.7. The van der Waals surface area contributed by atoms with Gasteiger partial charge in [0, 0.05) is 43.4 Å². The molecule has 5 rings (SSSR count). The molecule has 4 aromatic rings. The largest absolute Gasteiger partial charge is 0.508 e. The average molecular weight is 453 g/mol. The molecule has 34 heavy (non-hydrogen) atoms. The van der Waals surface area contributed by atoms with E-state index in [9.17, 15) is 9.90 Å². The van der Waals surface area contributed by atoms with E-state index in [-0.39, 0.29) is 18.2 Å². The standard InChI is InChI=1S/C26H24N6O2/c1-27-25-29-23(17-7-3-2-4-8-17)30-26(31-25)32-15-20-12-11-18(13-21(20)16-32)24(34)28-14-19-9-5-6-10-22(19)33/h2-13,33H,14-16H2,1H3,(H,28,34)(H,27,29,30,31). The van der Waals surface area contributed by atoms with E-state index in [1.165, 1.54) is 0 Å². The number of hydrogen-bond acceptors (Lipinski definition) is 7. The molecule has 2 heterocycles. The normalized spacial score (nSPS) is 12.3. The van der Waals surface area contributed by atoms with Crippen LogP contribution in [0, 0.1) is 0 Å². The topological polar surface area (TPSA) is 103 Å². The summed E-state index contributed by atoms with van der Waals surface area (Å²) in [6.45, 7) is 1.50. The van der Waals surface area contributed by atoms with E-state index in [1.807, 2.05) is 54.6 Å². The molecule has 1 amide bonds. The Bertz CT molecular complexity index is 1340. The van der Waals surface area contributed by atoms with Crippen molar-refractivity contribution in [1.82, 2.24) is 20.3 Å². The summed E-state index contributed by atoms with van der Waals surface area (Å²) in [5, 5.41) is 15.8. The number of anilines is 2. The number of para-hydroxylation sites is 1. The summed E-state index contributed by atoms with van der Waals surface area (Å²) in [5.74, 6) is 1.67. The van der Waals surface area contributed by atoms with Crippen molar-refractivity contribution in [3.8, 4) is 17.1 Å². The predicted molar refractivity (Wildman–Crippen MR) is 130 cm³/mol. The molecule has 0 fully saturated rings. The average Bonchev–Trinajstić information content (AvgIpc) is 3.32. The van der Waals surface area contributed by atoms with Gasteiger partial charge in [-0.25, -0.2) is 0 Å². The number of rotatable bonds is 6. The monoisotopic (exact) mass is 452 g/mol. The molecular formula is C26H24N6O2. The number of fused-ring (bicyclic) bond motifs is 1. The molecule has 1 aliphatic heterocycles. The fourth-order valence-corrected chi connectivity index (χ4v) is 3.95. The lowest BCUT2D eigenvalue weighted by Crippen LogP contribution is -2.23. The van der Waals surface area contributed by atoms with Gasteiger partial charge in [0.1, 0.15) is 5.75 Å². The number of phenolic OH excluding ortho intramolecular Hbond substituents is 1. The van der Waals surface area contributed by atoms with Gasteiger partial charge in [0.15, 0.2) is 5.82 Å². The van der Waals surface area contributed by atoms with Crippen LogP contribution in [0.15, 0.2) is 72.8 Å². The molecule has 1 aromatic heterocycles. The van der Waals surface area contributed by atoms with E-state index < -0.39 is 0 Å². The van der Waals surface area contributed by atoms with Gasteiger partial charge in [-0.2, -0.15) is 15.0 Å². The highest BCUT2D eigenvalue weighted by Gasteiger charge is 2.24. The molecule has 1 aliphatic rings. The lowest BCUT2D eigenvalue weighted by Gasteiger charge is -2.16. The third-order valence-electron chi connectivity index (χ3n) is 5.78. The van der Waals surface area contributed by atoms with Gasteiger partial charge in [0.2, 0.25) is 11.9 Å². The van der Waals surface area contributed by atoms with Crippen molar-refractivity contribution in [2.75, 3.05) is 17.3 Å². The first kappa shape index (κ1) is 21.4. The van der Waals surface area contributed by atoms with Crippen molar-refractivity contribution in [2.24, 2.45) is 0 Å². The number of nitrogens with zero attached hydrogens (tertiary/aromatic N) is 4. The molecule has 0 radical (unpaired) electrons. The summed E-state index contributed by atoms with van der Waals surface area (Å²) in [7, 11) is 1.78. The zero-order valence-corrected chi connectivity index (χ0v) is 18.7. The van der Waals surface area contributed by atoms with E-state index >= 15 is 0 Å². The summed E-state index contributed by atoms with van der Waals surface area (Å²) in [5.41, 5.74) is 4.36. The fraction of sp³-hybridized carbons (Fsp3) is 0.154. The Labute approximate surface area is 197 Å². The van der Waals surface area contributed by atoms with Crippen LogP contribution in [0.3, 0.4) is 0 Å². The highest BCUT2D eigenvalue weighted by atomic mass is 16.3. The highest BCUT2D eigenvalue weighted by molar-refractivity contribution is 5.94. The molecule has 3 N–H and O–H groups in total. The van der Waals surface area contributed by atoms with Crippen LogP contribution < -0.4 is 15.5 Å². The minimum Gasteiger partial charge on any atom is -0.508 e. The Morgan fingerprint density at radius 3 is 2.50 bits per heavy atom. The van der Waals surface area contributed by atoms with Gasteiger partial charge in [-0.3, -0.25) is 4.79 Å². The van der Waals surface area contributed by atoms with Crippen molar-refractivity contribution < 1.29 is 9.90 Å². The van der Waals surface area contributed by atoms with Gasteiger partial charge in [0.25, 0.3) is 5.91 Å². The molecule has 8 heteroatoms. The number of aromatic hydroxyl groups is 1. The van der Waals surface area contributed by atoms with Crippen LogP contribution in [-0.4, -0.2) is 33.0 Å². The van der Waals surface area contributed by atoms with Gasteiger partial charge in [0.05, 0.1) is 0 Å². The second-order valence-electron chi connectivity index (χ2n) is 8.05. The molecule has 170 valence electrons. The van der Waals surface area contributed by atoms with Gasteiger partial charge < -0.3 is 20.6 Å². The van der Waals surface area contributed by atoms with E-state index in [4.69, 9.17) is 4.98 Å². The van der Waals surface area contributed by atoms with Crippen molar-refractivity contribution in [2.45, 2.75) is 19.6 Å². The summed E-state index contributed by atoms with van der Waals surface area (Å²) < 4.78 is 0. The van der Waals surface area contributed by atoms with Crippen LogP contribution in [0.25, 0.3) is 11.4 Å². The van der Waals surface area contributed by atoms with Crippen molar-refractivity contribution >= 4 is 17.8 Å². The zero-order chi connectivity index (χ0) is 23.5. The van der Waals surface area contributed by atoms with Gasteiger partial charge in [-0.15, -0.1) is 0 Å². The Balaban J connectivity index is 1.33. The van der Waals surface area contributed by atoms with Gasteiger partial charge in [-0.05, 0) is 29.3 Å². The Morgan fingerprint density at radius 1 is 0.941 bits per heavy atom. The van der Waals surface area contributed by atoms with Crippen LogP contribution in [-0.2, 0) is 19.6 Å². The zero-order valence-electron chi connectivity index (χ0n) is 18.7. The first-order valence-corrected chi connectivity index (χ1v) is 11.0. The fourth-order valence-electron chi connectivity index (χ4n) is 3.95. The molecule has 0 spiro atoms. The number of amides is 1. The number of aromatic nitrogens is 3. The van der Waals surface area contributed by atoms with E-state index in [0.29, 0.717) is 41.9 Å². The molecule has 0 saturated heterocycles. The van der Waals surface area contributed by atoms with Crippen molar-refractivity contribution in [3.63, 3.8) is 0 Å². The highest BCUT2D eigenvalue weighted by Crippen LogP contribution is 2.29. The molecule has 0 saturated carbocycles. The first-order valence-electron chi connectivity index (χ1n) is 11.0. The second-order valence-corrected chi connectivity index (χ2v) is 8.05. The number of phenols is 1. The molecule has 0 bridgehead atoms. The quantitative estimate of drug-likeness (QED) is 0.409. The maximum atomic E-state index is 12.7. The van der Waals surface area contributed by atoms with Crippen LogP contribution >= 0.6 is 0 Å². The molecular weight excluding hydrogens is 428 g/mol. The number of carbonyl (C=O) groups excluding carboxylic acids is 1. The minimum atomic E-state index is -0.187. The molecule has 0 unspecified atom stereocenters. The molecule has 8 nitrogen and oxygen atoms in total. The number of nitrogens with one attached hydrogen (secondary N) is 2. The van der Waals surface area contributed by atoms with Crippen LogP contribution in [0.5, 0.6) is 5.75 Å². The van der Waals surface area contributed by atoms with E-state index in [0.717, 1.165) is 16.7 Å². The SMILES string of the molecule is CNc1nc(-c2ccccc2)nc(N2Cc3ccc(C(=O)NCc4ccccc4O)cc3C2)n1.